The van der Waals surface area contributed by atoms with Crippen molar-refractivity contribution in [2.75, 3.05) is 19.6 Å². The Labute approximate surface area is 124 Å². The Bertz CT molecular complexity index is 482. The van der Waals surface area contributed by atoms with E-state index in [1.165, 1.54) is 0 Å². The molecule has 1 fully saturated rings. The van der Waals surface area contributed by atoms with Crippen LogP contribution in [0.5, 0.6) is 0 Å². The van der Waals surface area contributed by atoms with Crippen molar-refractivity contribution in [1.82, 2.24) is 10.9 Å². The zero-order valence-corrected chi connectivity index (χ0v) is 12.4. The summed E-state index contributed by atoms with van der Waals surface area (Å²) in [5.74, 6) is -0.516. The molecule has 0 spiro atoms. The van der Waals surface area contributed by atoms with Gasteiger partial charge in [-0.05, 0) is 26.0 Å². The van der Waals surface area contributed by atoms with Gasteiger partial charge in [0.15, 0.2) is 6.54 Å². The van der Waals surface area contributed by atoms with Gasteiger partial charge in [-0.1, -0.05) is 18.2 Å². The molecule has 1 aliphatic rings. The van der Waals surface area contributed by atoms with Gasteiger partial charge in [0.1, 0.15) is 25.3 Å². The highest BCUT2D eigenvalue weighted by Gasteiger charge is 2.27. The Morgan fingerprint density at radius 2 is 1.76 bits per heavy atom. The molecule has 0 saturated carbocycles. The standard InChI is InChI=1S/C15H21N3O3/c1-11-8-18(9-12(2)21-11)10-14(19)16-17-15(20)13-6-4-3-5-7-13/h3-7,11-12H,8-10H2,1-2H3,(H,16,19)(H,17,20)/p+1/t11-,12-/m0/s1. The number of amides is 2. The summed E-state index contributed by atoms with van der Waals surface area (Å²) in [6.07, 6.45) is 0.297. The van der Waals surface area contributed by atoms with Crippen LogP contribution in [-0.2, 0) is 9.53 Å². The predicted octanol–water partition coefficient (Wildman–Crippen LogP) is -0.860. The monoisotopic (exact) mass is 292 g/mol. The first-order chi connectivity index (χ1) is 10.0. The zero-order valence-electron chi connectivity index (χ0n) is 12.4. The zero-order chi connectivity index (χ0) is 15.2. The number of quaternary nitrogens is 1. The van der Waals surface area contributed by atoms with Gasteiger partial charge in [0, 0.05) is 5.56 Å². The summed E-state index contributed by atoms with van der Waals surface area (Å²) in [5.41, 5.74) is 5.40. The van der Waals surface area contributed by atoms with E-state index in [9.17, 15) is 9.59 Å². The summed E-state index contributed by atoms with van der Waals surface area (Å²) in [6.45, 7) is 5.93. The van der Waals surface area contributed by atoms with Crippen molar-refractivity contribution >= 4 is 11.8 Å². The van der Waals surface area contributed by atoms with Crippen molar-refractivity contribution in [2.45, 2.75) is 26.1 Å². The maximum atomic E-state index is 11.9. The fraction of sp³-hybridized carbons (Fsp3) is 0.467. The Morgan fingerprint density at radius 3 is 2.38 bits per heavy atom. The molecule has 1 aromatic carbocycles. The van der Waals surface area contributed by atoms with Crippen LogP contribution in [-0.4, -0.2) is 43.7 Å². The average molecular weight is 292 g/mol. The normalized spacial score (nSPS) is 25.1. The number of carbonyl (C=O) groups is 2. The maximum absolute atomic E-state index is 11.9. The third-order valence-corrected chi connectivity index (χ3v) is 3.38. The molecule has 1 saturated heterocycles. The topological polar surface area (TPSA) is 71.9 Å². The Balaban J connectivity index is 1.76. The van der Waals surface area contributed by atoms with Crippen LogP contribution in [0.4, 0.5) is 0 Å². The highest BCUT2D eigenvalue weighted by molar-refractivity contribution is 5.95. The Hall–Kier alpha value is -1.92. The number of hydrazine groups is 1. The van der Waals surface area contributed by atoms with E-state index in [0.717, 1.165) is 18.0 Å². The van der Waals surface area contributed by atoms with Crippen LogP contribution >= 0.6 is 0 Å². The van der Waals surface area contributed by atoms with Crippen molar-refractivity contribution in [3.63, 3.8) is 0 Å². The summed E-state index contributed by atoms with van der Waals surface area (Å²) in [5, 5.41) is 0. The van der Waals surface area contributed by atoms with E-state index in [-0.39, 0.29) is 24.0 Å². The molecule has 3 N–H and O–H groups in total. The molecule has 21 heavy (non-hydrogen) atoms. The second-order valence-corrected chi connectivity index (χ2v) is 5.46. The molecule has 0 aromatic heterocycles. The van der Waals surface area contributed by atoms with Crippen LogP contribution in [0.3, 0.4) is 0 Å². The van der Waals surface area contributed by atoms with Crippen molar-refractivity contribution in [3.05, 3.63) is 35.9 Å². The van der Waals surface area contributed by atoms with Gasteiger partial charge in [0.2, 0.25) is 0 Å². The number of carbonyl (C=O) groups excluding carboxylic acids is 2. The predicted molar refractivity (Wildman–Crippen MR) is 77.6 cm³/mol. The summed E-state index contributed by atoms with van der Waals surface area (Å²) >= 11 is 0. The fourth-order valence-corrected chi connectivity index (χ4v) is 2.59. The molecule has 1 heterocycles. The van der Waals surface area contributed by atoms with Crippen molar-refractivity contribution < 1.29 is 19.2 Å². The molecule has 0 unspecified atom stereocenters. The number of hydrogen-bond donors (Lipinski definition) is 3. The Morgan fingerprint density at radius 1 is 1.14 bits per heavy atom. The van der Waals surface area contributed by atoms with Crippen molar-refractivity contribution in [1.29, 1.82) is 0 Å². The SMILES string of the molecule is C[C@H]1C[NH+](CC(=O)NNC(=O)c2ccccc2)C[C@H](C)O1. The number of nitrogens with one attached hydrogen (secondary N) is 3. The van der Waals surface area contributed by atoms with E-state index in [0.29, 0.717) is 12.1 Å². The van der Waals surface area contributed by atoms with Gasteiger partial charge in [-0.2, -0.15) is 0 Å². The molecule has 6 heteroatoms. The molecule has 0 radical (unpaired) electrons. The second kappa shape index (κ2) is 7.19. The third kappa shape index (κ3) is 4.84. The van der Waals surface area contributed by atoms with Gasteiger partial charge < -0.3 is 9.64 Å². The largest absolute Gasteiger partial charge is 0.364 e. The van der Waals surface area contributed by atoms with E-state index in [1.54, 1.807) is 24.3 Å². The smallest absolute Gasteiger partial charge is 0.293 e. The number of rotatable bonds is 3. The van der Waals surface area contributed by atoms with Gasteiger partial charge in [-0.25, -0.2) is 0 Å². The highest BCUT2D eigenvalue weighted by Crippen LogP contribution is 1.98. The molecule has 114 valence electrons. The molecule has 1 aliphatic heterocycles. The van der Waals surface area contributed by atoms with E-state index in [4.69, 9.17) is 4.74 Å². The van der Waals surface area contributed by atoms with E-state index >= 15 is 0 Å². The molecule has 1 aromatic rings. The second-order valence-electron chi connectivity index (χ2n) is 5.46. The minimum atomic E-state index is -0.317. The summed E-state index contributed by atoms with van der Waals surface area (Å²) in [4.78, 5) is 24.8. The number of ether oxygens (including phenoxy) is 1. The van der Waals surface area contributed by atoms with E-state index < -0.39 is 0 Å². The quantitative estimate of drug-likeness (QED) is 0.635. The molecule has 2 amide bonds. The first-order valence-corrected chi connectivity index (χ1v) is 7.18. The number of benzene rings is 1. The lowest BCUT2D eigenvalue weighted by Gasteiger charge is -2.31. The number of hydrogen-bond acceptors (Lipinski definition) is 3. The van der Waals surface area contributed by atoms with Gasteiger partial charge in [-0.15, -0.1) is 0 Å². The molecular formula is C15H22N3O3+. The lowest BCUT2D eigenvalue weighted by molar-refractivity contribution is -0.907. The molecule has 0 aliphatic carbocycles. The average Bonchev–Trinajstić information content (AvgIpc) is 2.44. The summed E-state index contributed by atoms with van der Waals surface area (Å²) in [7, 11) is 0. The molecule has 2 atom stereocenters. The minimum Gasteiger partial charge on any atom is -0.364 e. The van der Waals surface area contributed by atoms with Crippen LogP contribution in [0, 0.1) is 0 Å². The van der Waals surface area contributed by atoms with Crippen LogP contribution in [0.15, 0.2) is 30.3 Å². The molecular weight excluding hydrogens is 270 g/mol. The van der Waals surface area contributed by atoms with Gasteiger partial charge in [-0.3, -0.25) is 20.4 Å². The van der Waals surface area contributed by atoms with Crippen LogP contribution < -0.4 is 15.8 Å². The molecule has 0 bridgehead atoms. The number of morpholine rings is 1. The highest BCUT2D eigenvalue weighted by atomic mass is 16.5. The lowest BCUT2D eigenvalue weighted by Crippen LogP contribution is -3.16. The fourth-order valence-electron chi connectivity index (χ4n) is 2.59. The summed E-state index contributed by atoms with van der Waals surface area (Å²) in [6, 6.07) is 8.77. The maximum Gasteiger partial charge on any atom is 0.293 e. The Kier molecular flexibility index (Phi) is 5.30. The van der Waals surface area contributed by atoms with Crippen LogP contribution in [0.2, 0.25) is 0 Å². The minimum absolute atomic E-state index is 0.149. The van der Waals surface area contributed by atoms with Gasteiger partial charge >= 0.3 is 0 Å². The first kappa shape index (κ1) is 15.5. The third-order valence-electron chi connectivity index (χ3n) is 3.38. The molecule has 6 nitrogen and oxygen atoms in total. The van der Waals surface area contributed by atoms with Crippen molar-refractivity contribution in [3.8, 4) is 0 Å². The van der Waals surface area contributed by atoms with Crippen molar-refractivity contribution in [2.24, 2.45) is 0 Å². The van der Waals surface area contributed by atoms with Crippen LogP contribution in [0.1, 0.15) is 24.2 Å². The van der Waals surface area contributed by atoms with Gasteiger partial charge in [0.05, 0.1) is 0 Å². The lowest BCUT2D eigenvalue weighted by atomic mass is 10.2. The summed E-state index contributed by atoms with van der Waals surface area (Å²) < 4.78 is 5.63. The van der Waals surface area contributed by atoms with E-state index in [2.05, 4.69) is 10.9 Å². The van der Waals surface area contributed by atoms with E-state index in [1.807, 2.05) is 19.9 Å². The van der Waals surface area contributed by atoms with Crippen LogP contribution in [0.25, 0.3) is 0 Å². The van der Waals surface area contributed by atoms with Gasteiger partial charge in [0.25, 0.3) is 11.8 Å². The molecule has 2 rings (SSSR count). The first-order valence-electron chi connectivity index (χ1n) is 7.18.